The number of anilines is 4. The molecule has 0 amide bonds. The Labute approximate surface area is 246 Å². The number of aliphatic hydroxyl groups excluding tert-OH is 1. The second-order valence-electron chi connectivity index (χ2n) is 11.4. The van der Waals surface area contributed by atoms with Crippen molar-refractivity contribution in [1.29, 1.82) is 0 Å². The van der Waals surface area contributed by atoms with Crippen molar-refractivity contribution in [3.05, 3.63) is 36.4 Å². The first-order chi connectivity index (χ1) is 20.1. The van der Waals surface area contributed by atoms with Crippen molar-refractivity contribution in [1.82, 2.24) is 19.9 Å². The third-order valence-electron chi connectivity index (χ3n) is 8.24. The molecule has 2 saturated heterocycles. The van der Waals surface area contributed by atoms with Gasteiger partial charge in [0, 0.05) is 54.0 Å². The van der Waals surface area contributed by atoms with E-state index < -0.39 is 22.1 Å². The molecule has 0 aromatic carbocycles. The number of hydrogen-bond acceptors (Lipinski definition) is 11. The number of nitrogens with one attached hydrogen (secondary N) is 1. The van der Waals surface area contributed by atoms with Crippen molar-refractivity contribution < 1.29 is 22.7 Å². The van der Waals surface area contributed by atoms with E-state index in [1.54, 1.807) is 24.1 Å². The van der Waals surface area contributed by atoms with Gasteiger partial charge in [0.15, 0.2) is 0 Å². The molecule has 0 bridgehead atoms. The lowest BCUT2D eigenvalue weighted by Gasteiger charge is -2.48. The number of fused-ring (bicyclic) bond motifs is 1. The third kappa shape index (κ3) is 6.42. The van der Waals surface area contributed by atoms with Gasteiger partial charge < -0.3 is 25.0 Å². The lowest BCUT2D eigenvalue weighted by Crippen LogP contribution is -2.57. The number of alkyl halides is 1. The number of halogens is 1. The van der Waals surface area contributed by atoms with E-state index in [0.717, 1.165) is 22.2 Å². The summed E-state index contributed by atoms with van der Waals surface area (Å²) in [5.74, 6) is 2.17. The molecule has 0 aliphatic carbocycles. The Balaban J connectivity index is 1.35. The van der Waals surface area contributed by atoms with Crippen molar-refractivity contribution in [3.63, 3.8) is 0 Å². The minimum atomic E-state index is -3.04. The van der Waals surface area contributed by atoms with Gasteiger partial charge in [-0.15, -0.1) is 0 Å². The molecule has 42 heavy (non-hydrogen) atoms. The predicted octanol–water partition coefficient (Wildman–Crippen LogP) is 3.47. The summed E-state index contributed by atoms with van der Waals surface area (Å²) in [6.07, 6.45) is 4.07. The van der Waals surface area contributed by atoms with Gasteiger partial charge in [0.2, 0.25) is 5.95 Å². The SMILES string of the molecule is CCS(=O)(=O)C[C@H]1CN(c2cnc(C(C)C)c3cc(Nc4ccnc(N5CC[C@H](OCCO)[C@H](F)C5)n4)ncc23)[C@@H]1C. The summed E-state index contributed by atoms with van der Waals surface area (Å²) in [6.45, 7) is 9.25. The Morgan fingerprint density at radius 3 is 2.67 bits per heavy atom. The third-order valence-corrected chi connectivity index (χ3v) is 10.1. The van der Waals surface area contributed by atoms with Gasteiger partial charge in [-0.2, -0.15) is 4.98 Å². The van der Waals surface area contributed by atoms with E-state index in [4.69, 9.17) is 14.8 Å². The van der Waals surface area contributed by atoms with Crippen LogP contribution in [0.2, 0.25) is 0 Å². The van der Waals surface area contributed by atoms with Gasteiger partial charge >= 0.3 is 0 Å². The lowest BCUT2D eigenvalue weighted by atomic mass is 9.90. The average Bonchev–Trinajstić information content (AvgIpc) is 2.98. The first kappa shape index (κ1) is 30.3. The Morgan fingerprint density at radius 2 is 1.98 bits per heavy atom. The highest BCUT2D eigenvalue weighted by atomic mass is 32.2. The quantitative estimate of drug-likeness (QED) is 0.335. The molecule has 2 aliphatic heterocycles. The topological polar surface area (TPSA) is 134 Å². The molecule has 0 spiro atoms. The van der Waals surface area contributed by atoms with E-state index >= 15 is 0 Å². The molecule has 0 unspecified atom stereocenters. The molecule has 13 heteroatoms. The zero-order chi connectivity index (χ0) is 30.0. The van der Waals surface area contributed by atoms with Gasteiger partial charge in [0.1, 0.15) is 27.6 Å². The van der Waals surface area contributed by atoms with Crippen molar-refractivity contribution >= 4 is 43.9 Å². The minimum absolute atomic E-state index is 0.0775. The summed E-state index contributed by atoms with van der Waals surface area (Å²) in [5.41, 5.74) is 1.89. The highest BCUT2D eigenvalue weighted by Gasteiger charge is 2.39. The fraction of sp³-hybridized carbons (Fsp3) is 0.586. The first-order valence-corrected chi connectivity index (χ1v) is 16.4. The molecule has 4 atom stereocenters. The van der Waals surface area contributed by atoms with Gasteiger partial charge in [-0.25, -0.2) is 22.8 Å². The van der Waals surface area contributed by atoms with Crippen LogP contribution < -0.4 is 15.1 Å². The van der Waals surface area contributed by atoms with Crippen molar-refractivity contribution in [2.75, 3.05) is 59.5 Å². The van der Waals surface area contributed by atoms with Gasteiger partial charge in [-0.1, -0.05) is 20.8 Å². The molecule has 228 valence electrons. The zero-order valence-electron chi connectivity index (χ0n) is 24.6. The number of hydrogen-bond donors (Lipinski definition) is 2. The molecule has 3 aromatic rings. The summed E-state index contributed by atoms with van der Waals surface area (Å²) in [7, 11) is -3.04. The molecule has 2 aliphatic rings. The molecule has 2 N–H and O–H groups in total. The second-order valence-corrected chi connectivity index (χ2v) is 13.8. The lowest BCUT2D eigenvalue weighted by molar-refractivity contribution is -0.0262. The fourth-order valence-corrected chi connectivity index (χ4v) is 6.97. The summed E-state index contributed by atoms with van der Waals surface area (Å²) < 4.78 is 44.5. The van der Waals surface area contributed by atoms with Gasteiger partial charge in [-0.05, 0) is 31.4 Å². The van der Waals surface area contributed by atoms with Crippen LogP contribution in [0.4, 0.5) is 27.7 Å². The van der Waals surface area contributed by atoms with Crippen molar-refractivity contribution in [2.45, 2.75) is 58.4 Å². The maximum absolute atomic E-state index is 14.7. The summed E-state index contributed by atoms with van der Waals surface area (Å²) in [5, 5.41) is 14.2. The number of rotatable bonds is 11. The van der Waals surface area contributed by atoms with E-state index in [1.807, 2.05) is 18.5 Å². The first-order valence-electron chi connectivity index (χ1n) is 14.6. The summed E-state index contributed by atoms with van der Waals surface area (Å²) in [4.78, 5) is 22.5. The van der Waals surface area contributed by atoms with Gasteiger partial charge in [0.25, 0.3) is 0 Å². The maximum atomic E-state index is 14.7. The van der Waals surface area contributed by atoms with Gasteiger partial charge in [0.05, 0.1) is 49.2 Å². The van der Waals surface area contributed by atoms with Crippen LogP contribution in [0.5, 0.6) is 0 Å². The Morgan fingerprint density at radius 1 is 1.17 bits per heavy atom. The maximum Gasteiger partial charge on any atom is 0.227 e. The molecule has 2 fully saturated rings. The molecular weight excluding hydrogens is 561 g/mol. The smallest absolute Gasteiger partial charge is 0.227 e. The van der Waals surface area contributed by atoms with Crippen molar-refractivity contribution in [3.8, 4) is 0 Å². The number of aliphatic hydroxyl groups is 1. The molecule has 0 saturated carbocycles. The number of ether oxygens (including phenoxy) is 1. The molecular formula is C29H40FN7O4S. The molecule has 3 aromatic heterocycles. The zero-order valence-corrected chi connectivity index (χ0v) is 25.4. The predicted molar refractivity (Wildman–Crippen MR) is 162 cm³/mol. The highest BCUT2D eigenvalue weighted by Crippen LogP contribution is 2.38. The number of nitrogens with zero attached hydrogens (tertiary/aromatic N) is 6. The van der Waals surface area contributed by atoms with E-state index in [2.05, 4.69) is 45.9 Å². The normalized spacial score (nSPS) is 22.9. The number of pyridine rings is 2. The Bertz CT molecular complexity index is 1510. The Hall–Kier alpha value is -3.16. The average molecular weight is 602 g/mol. The number of piperidine rings is 1. The van der Waals surface area contributed by atoms with Crippen LogP contribution in [0.15, 0.2) is 30.7 Å². The Kier molecular flexibility index (Phi) is 9.09. The van der Waals surface area contributed by atoms with Gasteiger partial charge in [-0.3, -0.25) is 4.98 Å². The van der Waals surface area contributed by atoms with Crippen LogP contribution in [0.1, 0.15) is 45.7 Å². The van der Waals surface area contributed by atoms with E-state index in [-0.39, 0.29) is 49.1 Å². The van der Waals surface area contributed by atoms with Crippen LogP contribution in [0.25, 0.3) is 10.8 Å². The second kappa shape index (κ2) is 12.6. The molecule has 5 rings (SSSR count). The standard InChI is InChI=1S/C29H40FN7O4S/c1-5-42(39,40)17-20-15-37(19(20)4)24-14-33-28(18(2)3)21-12-27(32-13-22(21)24)34-26-6-8-31-29(35-26)36-9-7-25(23(30)16-36)41-11-10-38/h6,8,12-14,18-20,23,25,38H,5,7,9-11,15-17H2,1-4H3,(H,31,32,34,35)/t19-,20-,23-,25+/m1/s1. The van der Waals surface area contributed by atoms with Crippen LogP contribution in [-0.2, 0) is 14.6 Å². The summed E-state index contributed by atoms with van der Waals surface area (Å²) >= 11 is 0. The fourth-order valence-electron chi connectivity index (χ4n) is 5.70. The highest BCUT2D eigenvalue weighted by molar-refractivity contribution is 7.91. The molecule has 0 radical (unpaired) electrons. The van der Waals surface area contributed by atoms with E-state index in [0.29, 0.717) is 37.1 Å². The van der Waals surface area contributed by atoms with Crippen LogP contribution in [-0.4, -0.2) is 96.1 Å². The monoisotopic (exact) mass is 601 g/mol. The van der Waals surface area contributed by atoms with E-state index in [1.165, 1.54) is 0 Å². The van der Waals surface area contributed by atoms with Crippen LogP contribution in [0, 0.1) is 5.92 Å². The number of sulfone groups is 1. The minimum Gasteiger partial charge on any atom is -0.394 e. The van der Waals surface area contributed by atoms with Crippen molar-refractivity contribution in [2.24, 2.45) is 5.92 Å². The molecule has 5 heterocycles. The summed E-state index contributed by atoms with van der Waals surface area (Å²) in [6, 6.07) is 3.78. The van der Waals surface area contributed by atoms with Crippen LogP contribution >= 0.6 is 0 Å². The molecule has 11 nitrogen and oxygen atoms in total. The van der Waals surface area contributed by atoms with E-state index in [9.17, 15) is 12.8 Å². The largest absolute Gasteiger partial charge is 0.394 e. The number of aromatic nitrogens is 4. The van der Waals surface area contributed by atoms with Crippen LogP contribution in [0.3, 0.4) is 0 Å².